The Balaban J connectivity index is 2.62. The van der Waals surface area contributed by atoms with E-state index in [0.717, 1.165) is 12.8 Å². The van der Waals surface area contributed by atoms with Crippen molar-refractivity contribution >= 4 is 9.84 Å². The molecule has 1 fully saturated rings. The molecule has 0 bridgehead atoms. The Labute approximate surface area is 68.1 Å². The molecule has 0 aromatic rings. The third kappa shape index (κ3) is 1.93. The van der Waals surface area contributed by atoms with E-state index in [1.807, 2.05) is 7.05 Å². The Morgan fingerprint density at radius 3 is 2.55 bits per heavy atom. The van der Waals surface area contributed by atoms with E-state index in [4.69, 9.17) is 0 Å². The second kappa shape index (κ2) is 3.11. The van der Waals surface area contributed by atoms with Gasteiger partial charge in [0.15, 0.2) is 9.84 Å². The van der Waals surface area contributed by atoms with Gasteiger partial charge in [-0.25, -0.2) is 8.42 Å². The van der Waals surface area contributed by atoms with Crippen LogP contribution in [-0.4, -0.2) is 32.5 Å². The van der Waals surface area contributed by atoms with Crippen LogP contribution in [0.15, 0.2) is 0 Å². The summed E-state index contributed by atoms with van der Waals surface area (Å²) in [6.07, 6.45) is 1.53. The summed E-state index contributed by atoms with van der Waals surface area (Å²) in [4.78, 5) is 0. The van der Waals surface area contributed by atoms with Gasteiger partial charge in [-0.1, -0.05) is 0 Å². The van der Waals surface area contributed by atoms with Crippen LogP contribution in [0.3, 0.4) is 0 Å². The average molecular weight is 177 g/mol. The van der Waals surface area contributed by atoms with E-state index in [9.17, 15) is 8.42 Å². The first-order valence-electron chi connectivity index (χ1n) is 3.95. The Kier molecular flexibility index (Phi) is 2.54. The highest BCUT2D eigenvalue weighted by Crippen LogP contribution is 2.18. The van der Waals surface area contributed by atoms with Gasteiger partial charge in [0, 0.05) is 6.04 Å². The first kappa shape index (κ1) is 9.00. The van der Waals surface area contributed by atoms with Crippen molar-refractivity contribution in [2.75, 3.05) is 12.8 Å². The molecular formula is C7H15NO2S. The Morgan fingerprint density at radius 1 is 1.45 bits per heavy atom. The molecule has 0 spiro atoms. The molecule has 1 aliphatic heterocycles. The van der Waals surface area contributed by atoms with Crippen LogP contribution in [0.5, 0.6) is 0 Å². The molecule has 66 valence electrons. The molecule has 1 saturated heterocycles. The SMILES string of the molecule is CNC1CCS(=O)(=O)C(C)C1. The zero-order chi connectivity index (χ0) is 8.48. The first-order chi connectivity index (χ1) is 5.06. The molecule has 0 aromatic carbocycles. The van der Waals surface area contributed by atoms with Gasteiger partial charge in [0.25, 0.3) is 0 Å². The van der Waals surface area contributed by atoms with E-state index in [0.29, 0.717) is 11.8 Å². The molecule has 3 nitrogen and oxygen atoms in total. The predicted octanol–water partition coefficient (Wildman–Crippen LogP) is 0.171. The molecule has 0 saturated carbocycles. The lowest BCUT2D eigenvalue weighted by Gasteiger charge is -2.26. The van der Waals surface area contributed by atoms with Crippen LogP contribution in [0.4, 0.5) is 0 Å². The maximum absolute atomic E-state index is 11.2. The predicted molar refractivity (Wildman–Crippen MR) is 45.3 cm³/mol. The van der Waals surface area contributed by atoms with Gasteiger partial charge >= 0.3 is 0 Å². The maximum atomic E-state index is 11.2. The second-order valence-electron chi connectivity index (χ2n) is 3.19. The van der Waals surface area contributed by atoms with E-state index in [2.05, 4.69) is 5.32 Å². The second-order valence-corrected chi connectivity index (χ2v) is 5.73. The summed E-state index contributed by atoms with van der Waals surface area (Å²) < 4.78 is 22.4. The van der Waals surface area contributed by atoms with Gasteiger partial charge in [-0.2, -0.15) is 0 Å². The summed E-state index contributed by atoms with van der Waals surface area (Å²) >= 11 is 0. The highest BCUT2D eigenvalue weighted by molar-refractivity contribution is 7.92. The molecule has 1 aliphatic rings. The third-order valence-electron chi connectivity index (χ3n) is 2.39. The molecule has 0 aromatic heterocycles. The smallest absolute Gasteiger partial charge is 0.153 e. The van der Waals surface area contributed by atoms with Crippen molar-refractivity contribution in [3.8, 4) is 0 Å². The van der Waals surface area contributed by atoms with Crippen LogP contribution in [0, 0.1) is 0 Å². The normalized spacial score (nSPS) is 36.9. The third-order valence-corrected chi connectivity index (χ3v) is 4.61. The molecule has 2 atom stereocenters. The molecular weight excluding hydrogens is 162 g/mol. The molecule has 0 amide bonds. The lowest BCUT2D eigenvalue weighted by molar-refractivity contribution is 0.465. The largest absolute Gasteiger partial charge is 0.317 e. The van der Waals surface area contributed by atoms with Crippen molar-refractivity contribution in [3.05, 3.63) is 0 Å². The van der Waals surface area contributed by atoms with Gasteiger partial charge in [0.2, 0.25) is 0 Å². The summed E-state index contributed by atoms with van der Waals surface area (Å²) in [5.74, 6) is 0.347. The van der Waals surface area contributed by atoms with Crippen molar-refractivity contribution in [2.24, 2.45) is 0 Å². The van der Waals surface area contributed by atoms with Gasteiger partial charge in [-0.3, -0.25) is 0 Å². The van der Waals surface area contributed by atoms with Crippen molar-refractivity contribution in [1.82, 2.24) is 5.32 Å². The quantitative estimate of drug-likeness (QED) is 0.621. The highest BCUT2D eigenvalue weighted by atomic mass is 32.2. The van der Waals surface area contributed by atoms with Gasteiger partial charge in [0.1, 0.15) is 0 Å². The van der Waals surface area contributed by atoms with Gasteiger partial charge in [-0.15, -0.1) is 0 Å². The van der Waals surface area contributed by atoms with Crippen LogP contribution in [-0.2, 0) is 9.84 Å². The summed E-state index contributed by atoms with van der Waals surface area (Å²) in [6.45, 7) is 1.79. The Hall–Kier alpha value is -0.0900. The summed E-state index contributed by atoms with van der Waals surface area (Å²) in [5, 5.41) is 2.95. The zero-order valence-electron chi connectivity index (χ0n) is 7.00. The number of rotatable bonds is 1. The molecule has 0 radical (unpaired) electrons. The fourth-order valence-corrected chi connectivity index (χ4v) is 2.98. The van der Waals surface area contributed by atoms with E-state index in [1.54, 1.807) is 6.92 Å². The van der Waals surface area contributed by atoms with Crippen LogP contribution < -0.4 is 5.32 Å². The van der Waals surface area contributed by atoms with Crippen LogP contribution in [0.1, 0.15) is 19.8 Å². The molecule has 4 heteroatoms. The van der Waals surface area contributed by atoms with E-state index < -0.39 is 9.84 Å². The fourth-order valence-electron chi connectivity index (χ4n) is 1.44. The molecule has 1 rings (SSSR count). The minimum atomic E-state index is -2.74. The molecule has 0 aliphatic carbocycles. The Morgan fingerprint density at radius 2 is 2.09 bits per heavy atom. The molecule has 1 N–H and O–H groups in total. The average Bonchev–Trinajstić information content (AvgIpc) is 1.95. The van der Waals surface area contributed by atoms with Gasteiger partial charge in [0.05, 0.1) is 11.0 Å². The van der Waals surface area contributed by atoms with Crippen LogP contribution in [0.2, 0.25) is 0 Å². The van der Waals surface area contributed by atoms with E-state index >= 15 is 0 Å². The summed E-state index contributed by atoms with van der Waals surface area (Å²) in [5.41, 5.74) is 0. The lowest BCUT2D eigenvalue weighted by Crippen LogP contribution is -2.39. The molecule has 11 heavy (non-hydrogen) atoms. The van der Waals surface area contributed by atoms with Crippen molar-refractivity contribution in [2.45, 2.75) is 31.1 Å². The monoisotopic (exact) mass is 177 g/mol. The minimum absolute atomic E-state index is 0.159. The number of sulfone groups is 1. The number of nitrogens with one attached hydrogen (secondary N) is 1. The highest BCUT2D eigenvalue weighted by Gasteiger charge is 2.29. The topological polar surface area (TPSA) is 46.2 Å². The van der Waals surface area contributed by atoms with E-state index in [-0.39, 0.29) is 5.25 Å². The zero-order valence-corrected chi connectivity index (χ0v) is 7.82. The van der Waals surface area contributed by atoms with Crippen LogP contribution in [0.25, 0.3) is 0 Å². The van der Waals surface area contributed by atoms with Crippen molar-refractivity contribution in [1.29, 1.82) is 0 Å². The number of hydrogen-bond donors (Lipinski definition) is 1. The summed E-state index contributed by atoms with van der Waals surface area (Å²) in [6, 6.07) is 0.397. The number of hydrogen-bond acceptors (Lipinski definition) is 3. The maximum Gasteiger partial charge on any atom is 0.153 e. The first-order valence-corrected chi connectivity index (χ1v) is 5.66. The molecule has 1 heterocycles. The van der Waals surface area contributed by atoms with Gasteiger partial charge < -0.3 is 5.32 Å². The van der Waals surface area contributed by atoms with Crippen molar-refractivity contribution in [3.63, 3.8) is 0 Å². The fraction of sp³-hybridized carbons (Fsp3) is 1.00. The van der Waals surface area contributed by atoms with Gasteiger partial charge in [-0.05, 0) is 26.8 Å². The lowest BCUT2D eigenvalue weighted by atomic mass is 10.1. The minimum Gasteiger partial charge on any atom is -0.317 e. The standard InChI is InChI=1S/C7H15NO2S/c1-6-5-7(8-2)3-4-11(6,9)10/h6-8H,3-5H2,1-2H3. The van der Waals surface area contributed by atoms with Crippen LogP contribution >= 0.6 is 0 Å². The van der Waals surface area contributed by atoms with Crippen molar-refractivity contribution < 1.29 is 8.42 Å². The summed E-state index contributed by atoms with van der Waals surface area (Å²) in [7, 11) is -0.860. The van der Waals surface area contributed by atoms with E-state index in [1.165, 1.54) is 0 Å². The Bertz CT molecular complexity index is 223. The molecule has 2 unspecified atom stereocenters.